The molecule has 0 radical (unpaired) electrons. The van der Waals surface area contributed by atoms with Gasteiger partial charge in [0, 0.05) is 0 Å². The summed E-state index contributed by atoms with van der Waals surface area (Å²) in [4.78, 5) is 0. The lowest BCUT2D eigenvalue weighted by Crippen LogP contribution is -1.96. The lowest BCUT2D eigenvalue weighted by molar-refractivity contribution is 1.18. The van der Waals surface area contributed by atoms with Crippen LogP contribution in [0.4, 0.5) is 0 Å². The monoisotopic (exact) mass is 266 g/mol. The van der Waals surface area contributed by atoms with Gasteiger partial charge in [-0.2, -0.15) is 0 Å². The molecule has 20 heavy (non-hydrogen) atoms. The van der Waals surface area contributed by atoms with Gasteiger partial charge in [0.15, 0.2) is 0 Å². The predicted molar refractivity (Wildman–Crippen MR) is 91.8 cm³/mol. The van der Waals surface area contributed by atoms with Gasteiger partial charge in [-0.15, -0.1) is 0 Å². The molecule has 0 saturated heterocycles. The van der Waals surface area contributed by atoms with E-state index in [1.165, 1.54) is 22.3 Å². The van der Waals surface area contributed by atoms with Gasteiger partial charge in [-0.05, 0) is 49.0 Å². The zero-order valence-electron chi connectivity index (χ0n) is 13.2. The fourth-order valence-electron chi connectivity index (χ4n) is 2.39. The summed E-state index contributed by atoms with van der Waals surface area (Å²) in [6, 6.07) is 8.70. The first-order valence-corrected chi connectivity index (χ1v) is 7.58. The third kappa shape index (κ3) is 4.09. The van der Waals surface area contributed by atoms with Crippen LogP contribution in [0.3, 0.4) is 0 Å². The van der Waals surface area contributed by atoms with E-state index in [9.17, 15) is 0 Å². The van der Waals surface area contributed by atoms with E-state index in [1.807, 2.05) is 13.8 Å². The van der Waals surface area contributed by atoms with Crippen LogP contribution in [0.5, 0.6) is 0 Å². The zero-order valence-corrected chi connectivity index (χ0v) is 13.2. The van der Waals surface area contributed by atoms with E-state index in [0.29, 0.717) is 0 Å². The van der Waals surface area contributed by atoms with Crippen molar-refractivity contribution in [3.05, 3.63) is 77.4 Å². The molecular formula is C20H26. The van der Waals surface area contributed by atoms with Crippen LogP contribution in [0.2, 0.25) is 0 Å². The van der Waals surface area contributed by atoms with Gasteiger partial charge < -0.3 is 0 Å². The first-order valence-electron chi connectivity index (χ1n) is 7.58. The Hall–Kier alpha value is -1.82. The number of hydrogen-bond donors (Lipinski definition) is 0. The quantitative estimate of drug-likeness (QED) is 0.565. The molecule has 1 aliphatic rings. The van der Waals surface area contributed by atoms with Crippen LogP contribution in [0.25, 0.3) is 5.57 Å². The predicted octanol–water partition coefficient (Wildman–Crippen LogP) is 6.12. The molecule has 0 heterocycles. The molecule has 1 aliphatic carbocycles. The van der Waals surface area contributed by atoms with Crippen LogP contribution >= 0.6 is 0 Å². The smallest absolute Gasteiger partial charge is 0.00912 e. The Morgan fingerprint density at radius 2 is 1.50 bits per heavy atom. The summed E-state index contributed by atoms with van der Waals surface area (Å²) in [5, 5.41) is 0. The SMILES string of the molecule is CC.CC=C/C1=C(\C=C/C)c2ccccc2C/C=C\C1. The molecule has 0 atom stereocenters. The van der Waals surface area contributed by atoms with Gasteiger partial charge in [0.25, 0.3) is 0 Å². The van der Waals surface area contributed by atoms with Gasteiger partial charge in [0.05, 0.1) is 0 Å². The van der Waals surface area contributed by atoms with Gasteiger partial charge in [0.2, 0.25) is 0 Å². The molecule has 0 heteroatoms. The van der Waals surface area contributed by atoms with Crippen molar-refractivity contribution in [1.29, 1.82) is 0 Å². The van der Waals surface area contributed by atoms with Gasteiger partial charge in [-0.3, -0.25) is 0 Å². The molecule has 0 aromatic heterocycles. The minimum absolute atomic E-state index is 1.01. The third-order valence-electron chi connectivity index (χ3n) is 3.20. The normalized spacial score (nSPS) is 20.0. The van der Waals surface area contributed by atoms with Crippen molar-refractivity contribution >= 4 is 5.57 Å². The largest absolute Gasteiger partial charge is 0.0874 e. The maximum absolute atomic E-state index is 2.27. The zero-order chi connectivity index (χ0) is 14.8. The van der Waals surface area contributed by atoms with E-state index in [-0.39, 0.29) is 0 Å². The molecule has 0 saturated carbocycles. The number of hydrogen-bond acceptors (Lipinski definition) is 0. The molecule has 1 aromatic carbocycles. The second kappa shape index (κ2) is 9.14. The topological polar surface area (TPSA) is 0 Å². The number of fused-ring (bicyclic) bond motifs is 1. The summed E-state index contributed by atoms with van der Waals surface area (Å²) in [5.41, 5.74) is 5.52. The van der Waals surface area contributed by atoms with Crippen molar-refractivity contribution < 1.29 is 0 Å². The highest BCUT2D eigenvalue weighted by atomic mass is 14.1. The molecule has 106 valence electrons. The van der Waals surface area contributed by atoms with Crippen molar-refractivity contribution in [3.8, 4) is 0 Å². The minimum atomic E-state index is 1.01. The summed E-state index contributed by atoms with van der Waals surface area (Å²) in [6.45, 7) is 8.16. The molecular weight excluding hydrogens is 240 g/mol. The Morgan fingerprint density at radius 3 is 2.20 bits per heavy atom. The average molecular weight is 266 g/mol. The highest BCUT2D eigenvalue weighted by Gasteiger charge is 2.09. The molecule has 0 unspecified atom stereocenters. The molecule has 1 aromatic rings. The van der Waals surface area contributed by atoms with Crippen LogP contribution in [-0.2, 0) is 6.42 Å². The molecule has 2 rings (SSSR count). The van der Waals surface area contributed by atoms with E-state index >= 15 is 0 Å². The van der Waals surface area contributed by atoms with Crippen molar-refractivity contribution in [2.75, 3.05) is 0 Å². The standard InChI is InChI=1S/C18H20.C2H6/c1-3-9-15-11-5-6-12-16-13-7-8-14-18(16)17(15)10-4-2;1-2/h3-10,13-14H,11-12H2,1-2H3;1-2H3/b6-5-,9-3?,10-4-,17-15-;. The summed E-state index contributed by atoms with van der Waals surface area (Å²) < 4.78 is 0. The summed E-state index contributed by atoms with van der Waals surface area (Å²) in [7, 11) is 0. The molecule has 0 bridgehead atoms. The fourth-order valence-corrected chi connectivity index (χ4v) is 2.39. The van der Waals surface area contributed by atoms with Gasteiger partial charge in [-0.25, -0.2) is 0 Å². The van der Waals surface area contributed by atoms with Crippen molar-refractivity contribution in [1.82, 2.24) is 0 Å². The van der Waals surface area contributed by atoms with Crippen LogP contribution < -0.4 is 0 Å². The second-order valence-electron chi connectivity index (χ2n) is 4.48. The van der Waals surface area contributed by atoms with E-state index < -0.39 is 0 Å². The Kier molecular flexibility index (Phi) is 7.42. The van der Waals surface area contributed by atoms with Crippen molar-refractivity contribution in [3.63, 3.8) is 0 Å². The Morgan fingerprint density at radius 1 is 0.850 bits per heavy atom. The highest BCUT2D eigenvalue weighted by molar-refractivity contribution is 5.80. The van der Waals surface area contributed by atoms with Crippen LogP contribution in [0, 0.1) is 0 Å². The lowest BCUT2D eigenvalue weighted by Gasteiger charge is -2.15. The third-order valence-corrected chi connectivity index (χ3v) is 3.20. The summed E-state index contributed by atoms with van der Waals surface area (Å²) >= 11 is 0. The van der Waals surface area contributed by atoms with E-state index in [4.69, 9.17) is 0 Å². The van der Waals surface area contributed by atoms with Gasteiger partial charge in [-0.1, -0.05) is 74.6 Å². The minimum Gasteiger partial charge on any atom is -0.0874 e. The van der Waals surface area contributed by atoms with E-state index in [1.54, 1.807) is 0 Å². The van der Waals surface area contributed by atoms with E-state index in [2.05, 4.69) is 74.6 Å². The van der Waals surface area contributed by atoms with Crippen LogP contribution in [0.15, 0.2) is 66.3 Å². The molecule has 0 amide bonds. The Bertz CT molecular complexity index is 525. The Labute approximate surface area is 124 Å². The molecule has 0 aliphatic heterocycles. The first kappa shape index (κ1) is 16.2. The van der Waals surface area contributed by atoms with Gasteiger partial charge in [0.1, 0.15) is 0 Å². The molecule has 0 nitrogen and oxygen atoms in total. The van der Waals surface area contributed by atoms with Crippen molar-refractivity contribution in [2.45, 2.75) is 40.5 Å². The van der Waals surface area contributed by atoms with E-state index in [0.717, 1.165) is 12.8 Å². The summed E-state index contributed by atoms with van der Waals surface area (Å²) in [5.74, 6) is 0. The first-order chi connectivity index (χ1) is 9.86. The Balaban J connectivity index is 0.000000956. The molecule has 0 spiro atoms. The highest BCUT2D eigenvalue weighted by Crippen LogP contribution is 2.29. The fraction of sp³-hybridized carbons (Fsp3) is 0.300. The number of allylic oxidation sites excluding steroid dienone is 8. The maximum Gasteiger partial charge on any atom is -0.00912 e. The lowest BCUT2D eigenvalue weighted by atomic mass is 9.90. The van der Waals surface area contributed by atoms with Crippen LogP contribution in [0.1, 0.15) is 45.2 Å². The second-order valence-corrected chi connectivity index (χ2v) is 4.48. The van der Waals surface area contributed by atoms with Gasteiger partial charge >= 0.3 is 0 Å². The number of rotatable bonds is 2. The number of benzene rings is 1. The molecule has 0 fully saturated rings. The molecule has 0 N–H and O–H groups in total. The summed E-state index contributed by atoms with van der Waals surface area (Å²) in [6.07, 6.45) is 15.3. The van der Waals surface area contributed by atoms with Crippen LogP contribution in [-0.4, -0.2) is 0 Å². The maximum atomic E-state index is 2.27. The average Bonchev–Trinajstić information content (AvgIpc) is 2.49. The van der Waals surface area contributed by atoms with Crippen molar-refractivity contribution in [2.24, 2.45) is 0 Å².